The molecule has 0 fully saturated rings. The Morgan fingerprint density at radius 1 is 1.11 bits per heavy atom. The van der Waals surface area contributed by atoms with Crippen LogP contribution in [0.4, 0.5) is 16.0 Å². The van der Waals surface area contributed by atoms with E-state index in [1.54, 1.807) is 36.1 Å². The van der Waals surface area contributed by atoms with Gasteiger partial charge in [-0.05, 0) is 54.4 Å². The summed E-state index contributed by atoms with van der Waals surface area (Å²) in [6.07, 6.45) is 1.44. The third-order valence-corrected chi connectivity index (χ3v) is 5.89. The van der Waals surface area contributed by atoms with E-state index in [9.17, 15) is 9.18 Å². The van der Waals surface area contributed by atoms with E-state index >= 15 is 0 Å². The van der Waals surface area contributed by atoms with Gasteiger partial charge in [0.15, 0.2) is 0 Å². The van der Waals surface area contributed by atoms with Gasteiger partial charge in [0.25, 0.3) is 5.91 Å². The van der Waals surface area contributed by atoms with E-state index in [0.717, 1.165) is 11.1 Å². The Labute approximate surface area is 207 Å². The monoisotopic (exact) mass is 485 g/mol. The van der Waals surface area contributed by atoms with Crippen molar-refractivity contribution >= 4 is 17.5 Å². The van der Waals surface area contributed by atoms with Crippen LogP contribution in [0.5, 0.6) is 11.5 Å². The summed E-state index contributed by atoms with van der Waals surface area (Å²) in [5.74, 6) is 1.11. The number of aromatic nitrogens is 3. The minimum atomic E-state index is -0.548. The van der Waals surface area contributed by atoms with Crippen molar-refractivity contribution < 1.29 is 18.7 Å². The van der Waals surface area contributed by atoms with Crippen LogP contribution in [0.25, 0.3) is 0 Å². The number of hydrogen-bond donors (Lipinski definition) is 2. The van der Waals surface area contributed by atoms with Crippen LogP contribution in [0.1, 0.15) is 24.1 Å². The van der Waals surface area contributed by atoms with Gasteiger partial charge < -0.3 is 20.1 Å². The number of carbonyl (C=O) groups excluding carboxylic acids is 1. The van der Waals surface area contributed by atoms with Crippen molar-refractivity contribution in [1.82, 2.24) is 14.8 Å². The summed E-state index contributed by atoms with van der Waals surface area (Å²) >= 11 is 0. The number of amides is 1. The first kappa shape index (κ1) is 23.1. The summed E-state index contributed by atoms with van der Waals surface area (Å²) in [4.78, 5) is 17.9. The average Bonchev–Trinajstić information content (AvgIpc) is 3.36. The van der Waals surface area contributed by atoms with Gasteiger partial charge in [-0.3, -0.25) is 4.79 Å². The highest BCUT2D eigenvalue weighted by Crippen LogP contribution is 2.37. The van der Waals surface area contributed by atoms with Gasteiger partial charge in [-0.25, -0.2) is 9.07 Å². The van der Waals surface area contributed by atoms with Crippen LogP contribution < -0.4 is 20.1 Å². The first-order valence-electron chi connectivity index (χ1n) is 11.3. The summed E-state index contributed by atoms with van der Waals surface area (Å²) in [7, 11) is 1.56. The molecule has 3 aromatic carbocycles. The number of hydrogen-bond acceptors (Lipinski definition) is 6. The molecule has 5 rings (SSSR count). The van der Waals surface area contributed by atoms with E-state index < -0.39 is 6.04 Å². The Morgan fingerprint density at radius 2 is 1.92 bits per heavy atom. The molecule has 2 N–H and O–H groups in total. The van der Waals surface area contributed by atoms with E-state index in [-0.39, 0.29) is 18.3 Å². The number of methoxy groups -OCH3 is 1. The molecule has 1 atom stereocenters. The smallest absolute Gasteiger partial charge is 0.255 e. The first-order chi connectivity index (χ1) is 17.5. The normalized spacial score (nSPS) is 14.6. The predicted octanol–water partition coefficient (Wildman–Crippen LogP) is 4.93. The van der Waals surface area contributed by atoms with E-state index in [1.807, 2.05) is 43.3 Å². The molecule has 4 aromatic rings. The molecule has 182 valence electrons. The van der Waals surface area contributed by atoms with Crippen LogP contribution in [-0.2, 0) is 11.4 Å². The molecule has 0 saturated carbocycles. The molecular weight excluding hydrogens is 461 g/mol. The third kappa shape index (κ3) is 4.63. The molecule has 1 amide bonds. The van der Waals surface area contributed by atoms with E-state index in [0.29, 0.717) is 34.4 Å². The van der Waals surface area contributed by atoms with Gasteiger partial charge in [0.1, 0.15) is 36.3 Å². The molecule has 1 aromatic heterocycles. The predicted molar refractivity (Wildman–Crippen MR) is 133 cm³/mol. The van der Waals surface area contributed by atoms with Crippen molar-refractivity contribution in [2.45, 2.75) is 19.6 Å². The number of anilines is 2. The number of rotatable bonds is 7. The van der Waals surface area contributed by atoms with Crippen LogP contribution in [0.3, 0.4) is 0 Å². The van der Waals surface area contributed by atoms with Crippen LogP contribution in [0, 0.1) is 5.82 Å². The standard InChI is InChI=1S/C27H24FN5O3/c1-17-24(26(34)32-22-8-3-4-9-23(22)35-2)25(33-27(31-17)29-16-30-33)19-6-5-7-21(14-19)36-15-18-10-12-20(28)13-11-18/h3-14,16,25H,15H2,1-2H3,(H,32,34)(H,29,30,31)/t25-/m0/s1. The lowest BCUT2D eigenvalue weighted by atomic mass is 9.94. The van der Waals surface area contributed by atoms with Gasteiger partial charge >= 0.3 is 0 Å². The molecule has 0 spiro atoms. The quantitative estimate of drug-likeness (QED) is 0.386. The molecule has 0 unspecified atom stereocenters. The Hall–Kier alpha value is -4.66. The molecule has 0 aliphatic carbocycles. The van der Waals surface area contributed by atoms with Crippen LogP contribution in [0.15, 0.2) is 90.4 Å². The Morgan fingerprint density at radius 3 is 2.72 bits per heavy atom. The van der Waals surface area contributed by atoms with Crippen molar-refractivity contribution in [2.75, 3.05) is 17.7 Å². The molecule has 1 aliphatic heterocycles. The van der Waals surface area contributed by atoms with E-state index in [1.165, 1.54) is 18.5 Å². The minimum Gasteiger partial charge on any atom is -0.495 e. The minimum absolute atomic E-state index is 0.278. The lowest BCUT2D eigenvalue weighted by Gasteiger charge is -2.29. The SMILES string of the molecule is COc1ccccc1NC(=O)C1=C(C)Nc2ncnn2[C@H]1c1cccc(OCc2ccc(F)cc2)c1. The second kappa shape index (κ2) is 9.91. The summed E-state index contributed by atoms with van der Waals surface area (Å²) in [6, 6.07) is 20.3. The van der Waals surface area contributed by atoms with E-state index in [2.05, 4.69) is 20.7 Å². The van der Waals surface area contributed by atoms with Gasteiger partial charge in [-0.15, -0.1) is 0 Å². The molecule has 0 radical (unpaired) electrons. The molecule has 1 aliphatic rings. The molecule has 0 bridgehead atoms. The maximum absolute atomic E-state index is 13.6. The topological polar surface area (TPSA) is 90.3 Å². The number of halogens is 1. The number of para-hydroxylation sites is 2. The summed E-state index contributed by atoms with van der Waals surface area (Å²) < 4.78 is 26.2. The first-order valence-corrected chi connectivity index (χ1v) is 11.3. The number of allylic oxidation sites excluding steroid dienone is 1. The van der Waals surface area contributed by atoms with Gasteiger partial charge in [0.05, 0.1) is 18.4 Å². The van der Waals surface area contributed by atoms with Crippen molar-refractivity contribution in [3.05, 3.63) is 107 Å². The number of nitrogens with zero attached hydrogens (tertiary/aromatic N) is 3. The highest BCUT2D eigenvalue weighted by Gasteiger charge is 2.34. The van der Waals surface area contributed by atoms with Crippen LogP contribution in [-0.4, -0.2) is 27.8 Å². The number of benzene rings is 3. The summed E-state index contributed by atoms with van der Waals surface area (Å²) in [5.41, 5.74) is 3.34. The Balaban J connectivity index is 1.46. The maximum atomic E-state index is 13.6. The second-order valence-electron chi connectivity index (χ2n) is 8.24. The lowest BCUT2D eigenvalue weighted by Crippen LogP contribution is -2.31. The number of fused-ring (bicyclic) bond motifs is 1. The van der Waals surface area contributed by atoms with Gasteiger partial charge in [-0.2, -0.15) is 10.1 Å². The van der Waals surface area contributed by atoms with Crippen molar-refractivity contribution in [1.29, 1.82) is 0 Å². The zero-order chi connectivity index (χ0) is 25.1. The van der Waals surface area contributed by atoms with Crippen LogP contribution >= 0.6 is 0 Å². The van der Waals surface area contributed by atoms with Gasteiger partial charge in [0.2, 0.25) is 5.95 Å². The third-order valence-electron chi connectivity index (χ3n) is 5.89. The number of ether oxygens (including phenoxy) is 2. The fraction of sp³-hybridized carbons (Fsp3) is 0.148. The van der Waals surface area contributed by atoms with Crippen molar-refractivity contribution in [2.24, 2.45) is 0 Å². The van der Waals surface area contributed by atoms with Crippen molar-refractivity contribution in [3.8, 4) is 11.5 Å². The van der Waals surface area contributed by atoms with E-state index in [4.69, 9.17) is 9.47 Å². The summed E-state index contributed by atoms with van der Waals surface area (Å²) in [6.45, 7) is 2.11. The fourth-order valence-corrected chi connectivity index (χ4v) is 4.15. The molecule has 36 heavy (non-hydrogen) atoms. The Bertz CT molecular complexity index is 1430. The van der Waals surface area contributed by atoms with Gasteiger partial charge in [0, 0.05) is 5.70 Å². The highest BCUT2D eigenvalue weighted by molar-refractivity contribution is 6.06. The number of nitrogens with one attached hydrogen (secondary N) is 2. The lowest BCUT2D eigenvalue weighted by molar-refractivity contribution is -0.113. The highest BCUT2D eigenvalue weighted by atomic mass is 19.1. The molecule has 0 saturated heterocycles. The molecule has 8 nitrogen and oxygen atoms in total. The number of carbonyl (C=O) groups is 1. The summed E-state index contributed by atoms with van der Waals surface area (Å²) in [5, 5.41) is 10.5. The van der Waals surface area contributed by atoms with Crippen molar-refractivity contribution in [3.63, 3.8) is 0 Å². The molecule has 2 heterocycles. The second-order valence-corrected chi connectivity index (χ2v) is 8.24. The average molecular weight is 486 g/mol. The molecular formula is C27H24FN5O3. The van der Waals surface area contributed by atoms with Crippen LogP contribution in [0.2, 0.25) is 0 Å². The zero-order valence-electron chi connectivity index (χ0n) is 19.7. The largest absolute Gasteiger partial charge is 0.495 e. The van der Waals surface area contributed by atoms with Gasteiger partial charge in [-0.1, -0.05) is 36.4 Å². The fourth-order valence-electron chi connectivity index (χ4n) is 4.15. The zero-order valence-corrected chi connectivity index (χ0v) is 19.7. The Kier molecular flexibility index (Phi) is 6.36. The maximum Gasteiger partial charge on any atom is 0.255 e. The molecule has 9 heteroatoms.